The molecule has 0 aliphatic heterocycles. The second-order valence-electron chi connectivity index (χ2n) is 20.0. The molecule has 0 aliphatic rings. The van der Waals surface area contributed by atoms with Crippen molar-refractivity contribution >= 4 is 13.7 Å². The number of rotatable bonds is 50. The van der Waals surface area contributed by atoms with Crippen molar-refractivity contribution < 1.29 is 32.9 Å². The molecule has 0 rings (SSSR count). The molecule has 0 radical (unpaired) electrons. The average Bonchev–Trinajstić information content (AvgIpc) is 3.21. The highest BCUT2D eigenvalue weighted by molar-refractivity contribution is 7.47. The van der Waals surface area contributed by atoms with Crippen LogP contribution in [0.4, 0.5) is 0 Å². The van der Waals surface area contributed by atoms with Crippen molar-refractivity contribution in [1.29, 1.82) is 0 Å². The molecule has 0 saturated carbocycles. The van der Waals surface area contributed by atoms with Gasteiger partial charge in [0.2, 0.25) is 5.91 Å². The van der Waals surface area contributed by atoms with Crippen LogP contribution in [0.2, 0.25) is 0 Å². The monoisotopic (exact) mass is 888 g/mol. The molecule has 366 valence electrons. The van der Waals surface area contributed by atoms with E-state index in [0.29, 0.717) is 23.9 Å². The molecule has 0 aromatic carbocycles. The van der Waals surface area contributed by atoms with E-state index in [0.717, 1.165) is 38.5 Å². The standard InChI is InChI=1S/C52H107N2O6P/c1-6-8-10-12-14-16-18-20-22-23-24-25-26-27-28-29-30-31-32-34-36-38-40-42-44-46-52(56)53-50(49-60-61(57,58)59-48-47-54(3,4)5)51(55)45-43-41-39-37-35-33-21-19-17-15-13-11-9-7-2/h50-51,55H,6-49H2,1-5H3,(H-,53,56,57,58)/p+1/t50-,51+/m0/s1. The number of hydrogen-bond donors (Lipinski definition) is 3. The zero-order valence-corrected chi connectivity index (χ0v) is 42.6. The van der Waals surface area contributed by atoms with E-state index < -0.39 is 20.0 Å². The van der Waals surface area contributed by atoms with E-state index in [4.69, 9.17) is 9.05 Å². The van der Waals surface area contributed by atoms with Crippen LogP contribution in [-0.2, 0) is 18.4 Å². The summed E-state index contributed by atoms with van der Waals surface area (Å²) in [7, 11) is 1.63. The number of carbonyl (C=O) groups excluding carboxylic acids is 1. The Morgan fingerprint density at radius 1 is 0.492 bits per heavy atom. The Morgan fingerprint density at radius 3 is 1.10 bits per heavy atom. The van der Waals surface area contributed by atoms with Crippen LogP contribution in [0.5, 0.6) is 0 Å². The van der Waals surface area contributed by atoms with Crippen LogP contribution in [-0.4, -0.2) is 73.4 Å². The first kappa shape index (κ1) is 60.5. The van der Waals surface area contributed by atoms with Gasteiger partial charge in [0, 0.05) is 6.42 Å². The van der Waals surface area contributed by atoms with Crippen molar-refractivity contribution in [2.24, 2.45) is 0 Å². The summed E-state index contributed by atoms with van der Waals surface area (Å²) in [6.07, 6.45) is 51.5. The minimum Gasteiger partial charge on any atom is -0.391 e. The van der Waals surface area contributed by atoms with Crippen LogP contribution in [0.1, 0.15) is 277 Å². The fraction of sp³-hybridized carbons (Fsp3) is 0.981. The highest BCUT2D eigenvalue weighted by atomic mass is 31.2. The lowest BCUT2D eigenvalue weighted by molar-refractivity contribution is -0.870. The summed E-state index contributed by atoms with van der Waals surface area (Å²) < 4.78 is 23.7. The van der Waals surface area contributed by atoms with Gasteiger partial charge in [0.05, 0.1) is 39.9 Å². The third kappa shape index (κ3) is 47.3. The Bertz CT molecular complexity index is 963. The zero-order chi connectivity index (χ0) is 45.0. The number of amides is 1. The first-order chi connectivity index (χ1) is 29.5. The van der Waals surface area contributed by atoms with E-state index in [1.165, 1.54) is 212 Å². The highest BCUT2D eigenvalue weighted by Crippen LogP contribution is 2.43. The molecule has 0 aromatic rings. The first-order valence-corrected chi connectivity index (χ1v) is 28.4. The fourth-order valence-corrected chi connectivity index (χ4v) is 9.08. The van der Waals surface area contributed by atoms with Crippen molar-refractivity contribution in [3.63, 3.8) is 0 Å². The Hall–Kier alpha value is -0.500. The highest BCUT2D eigenvalue weighted by Gasteiger charge is 2.28. The number of quaternary nitrogens is 1. The van der Waals surface area contributed by atoms with E-state index in [1.807, 2.05) is 21.1 Å². The fourth-order valence-electron chi connectivity index (χ4n) is 8.34. The van der Waals surface area contributed by atoms with Crippen molar-refractivity contribution in [3.05, 3.63) is 0 Å². The maximum absolute atomic E-state index is 13.0. The number of unbranched alkanes of at least 4 members (excludes halogenated alkanes) is 37. The Kier molecular flexibility index (Phi) is 44.3. The molecular weight excluding hydrogens is 780 g/mol. The normalized spacial score (nSPS) is 14.0. The molecule has 0 fully saturated rings. The van der Waals surface area contributed by atoms with Crippen LogP contribution >= 0.6 is 7.82 Å². The molecule has 0 bridgehead atoms. The molecule has 0 aromatic heterocycles. The number of nitrogens with zero attached hydrogens (tertiary/aromatic N) is 1. The van der Waals surface area contributed by atoms with E-state index in [2.05, 4.69) is 19.2 Å². The zero-order valence-electron chi connectivity index (χ0n) is 41.7. The average molecular weight is 888 g/mol. The van der Waals surface area contributed by atoms with Gasteiger partial charge < -0.3 is 19.8 Å². The molecule has 1 unspecified atom stereocenters. The predicted octanol–water partition coefficient (Wildman–Crippen LogP) is 15.7. The molecule has 3 N–H and O–H groups in total. The lowest BCUT2D eigenvalue weighted by Gasteiger charge is -2.26. The second-order valence-corrected chi connectivity index (χ2v) is 21.4. The van der Waals surface area contributed by atoms with Gasteiger partial charge in [-0.05, 0) is 12.8 Å². The van der Waals surface area contributed by atoms with Crippen molar-refractivity contribution in [3.8, 4) is 0 Å². The van der Waals surface area contributed by atoms with Gasteiger partial charge >= 0.3 is 7.82 Å². The number of carbonyl (C=O) groups is 1. The summed E-state index contributed by atoms with van der Waals surface area (Å²) in [5.41, 5.74) is 0. The number of hydrogen-bond acceptors (Lipinski definition) is 5. The first-order valence-electron chi connectivity index (χ1n) is 26.9. The van der Waals surface area contributed by atoms with E-state index in [9.17, 15) is 19.4 Å². The summed E-state index contributed by atoms with van der Waals surface area (Å²) in [6, 6.07) is -0.754. The summed E-state index contributed by atoms with van der Waals surface area (Å²) in [6.45, 7) is 4.93. The third-order valence-electron chi connectivity index (χ3n) is 12.6. The van der Waals surface area contributed by atoms with Crippen LogP contribution in [0, 0.1) is 0 Å². The van der Waals surface area contributed by atoms with Crippen molar-refractivity contribution in [1.82, 2.24) is 5.32 Å². The van der Waals surface area contributed by atoms with E-state index in [-0.39, 0.29) is 19.1 Å². The summed E-state index contributed by atoms with van der Waals surface area (Å²) in [4.78, 5) is 23.3. The summed E-state index contributed by atoms with van der Waals surface area (Å²) in [5.74, 6) is -0.138. The van der Waals surface area contributed by atoms with Crippen molar-refractivity contribution in [2.45, 2.75) is 289 Å². The molecule has 0 saturated heterocycles. The quantitative estimate of drug-likeness (QED) is 0.0319. The van der Waals surface area contributed by atoms with Gasteiger partial charge in [-0.25, -0.2) is 4.57 Å². The topological polar surface area (TPSA) is 105 Å². The number of aliphatic hydroxyl groups excluding tert-OH is 1. The Labute approximate surface area is 380 Å². The van der Waals surface area contributed by atoms with E-state index in [1.54, 1.807) is 0 Å². The number of phosphoric acid groups is 1. The summed E-state index contributed by atoms with van der Waals surface area (Å²) in [5, 5.41) is 14.0. The molecule has 61 heavy (non-hydrogen) atoms. The number of likely N-dealkylation sites (N-methyl/N-ethyl adjacent to an activating group) is 1. The van der Waals surface area contributed by atoms with Gasteiger partial charge in [-0.2, -0.15) is 0 Å². The molecule has 0 heterocycles. The Balaban J connectivity index is 4.10. The van der Waals surface area contributed by atoms with Crippen molar-refractivity contribution in [2.75, 3.05) is 40.9 Å². The molecule has 0 spiro atoms. The molecule has 3 atom stereocenters. The van der Waals surface area contributed by atoms with Gasteiger partial charge in [-0.1, -0.05) is 258 Å². The van der Waals surface area contributed by atoms with Crippen LogP contribution in [0.3, 0.4) is 0 Å². The number of aliphatic hydroxyl groups is 1. The van der Waals surface area contributed by atoms with Gasteiger partial charge in [0.1, 0.15) is 13.2 Å². The predicted molar refractivity (Wildman–Crippen MR) is 263 cm³/mol. The number of nitrogens with one attached hydrogen (secondary N) is 1. The van der Waals surface area contributed by atoms with Gasteiger partial charge in [0.25, 0.3) is 0 Å². The van der Waals surface area contributed by atoms with Crippen LogP contribution in [0.15, 0.2) is 0 Å². The largest absolute Gasteiger partial charge is 0.472 e. The minimum atomic E-state index is -4.31. The van der Waals surface area contributed by atoms with Gasteiger partial charge in [0.15, 0.2) is 0 Å². The molecule has 9 heteroatoms. The lowest BCUT2D eigenvalue weighted by Crippen LogP contribution is -2.46. The lowest BCUT2D eigenvalue weighted by atomic mass is 10.0. The van der Waals surface area contributed by atoms with Crippen LogP contribution in [0.25, 0.3) is 0 Å². The SMILES string of the molecule is CCCCCCCCCCCCCCCCCCCCCCCCCCCC(=O)N[C@@H](COP(=O)(O)OCC[N+](C)(C)C)[C@H](O)CCCCCCCCCCCCCCCC. The van der Waals surface area contributed by atoms with Gasteiger partial charge in [-0.3, -0.25) is 13.8 Å². The molecule has 8 nitrogen and oxygen atoms in total. The Morgan fingerprint density at radius 2 is 0.787 bits per heavy atom. The second kappa shape index (κ2) is 44.7. The molecule has 0 aliphatic carbocycles. The maximum atomic E-state index is 13.0. The number of phosphoric ester groups is 1. The van der Waals surface area contributed by atoms with E-state index >= 15 is 0 Å². The molecule has 1 amide bonds. The maximum Gasteiger partial charge on any atom is 0.472 e. The third-order valence-corrected chi connectivity index (χ3v) is 13.6. The minimum absolute atomic E-state index is 0.0789. The summed E-state index contributed by atoms with van der Waals surface area (Å²) >= 11 is 0. The van der Waals surface area contributed by atoms with Gasteiger partial charge in [-0.15, -0.1) is 0 Å². The van der Waals surface area contributed by atoms with Crippen LogP contribution < -0.4 is 5.32 Å². The molecular formula is C52H108N2O6P+. The smallest absolute Gasteiger partial charge is 0.391 e.